The number of piperidine rings is 1. The van der Waals surface area contributed by atoms with Crippen LogP contribution in [0.5, 0.6) is 11.5 Å². The van der Waals surface area contributed by atoms with Crippen LogP contribution < -0.4 is 15.4 Å². The molecule has 0 bridgehead atoms. The van der Waals surface area contributed by atoms with Gasteiger partial charge in [0, 0.05) is 22.7 Å². The molecule has 6 heteroatoms. The lowest BCUT2D eigenvalue weighted by atomic mass is 10.00. The number of aliphatic hydroxyl groups excluding tert-OH is 1. The van der Waals surface area contributed by atoms with Crippen molar-refractivity contribution in [3.8, 4) is 23.3 Å². The third kappa shape index (κ3) is 5.60. The Kier molecular flexibility index (Phi) is 6.89. The van der Waals surface area contributed by atoms with E-state index >= 15 is 0 Å². The number of aromatic nitrogens is 2. The summed E-state index contributed by atoms with van der Waals surface area (Å²) in [5.41, 5.74) is 3.54. The highest BCUT2D eigenvalue weighted by Gasteiger charge is 2.19. The molecule has 2 unspecified atom stereocenters. The maximum Gasteiger partial charge on any atom is 0.141 e. The molecule has 1 aliphatic rings. The normalized spacial score (nSPS) is 16.2. The van der Waals surface area contributed by atoms with Crippen molar-refractivity contribution in [2.75, 3.05) is 11.9 Å². The lowest BCUT2D eigenvalue weighted by molar-refractivity contribution is 0.162. The van der Waals surface area contributed by atoms with Crippen LogP contribution in [0.4, 0.5) is 11.5 Å². The molecule has 4 aromatic rings. The Morgan fingerprint density at radius 1 is 1.06 bits per heavy atom. The van der Waals surface area contributed by atoms with Gasteiger partial charge < -0.3 is 20.5 Å². The highest BCUT2D eigenvalue weighted by atomic mass is 16.5. The van der Waals surface area contributed by atoms with Crippen molar-refractivity contribution in [1.82, 2.24) is 15.3 Å². The number of ether oxygens (including phenoxy) is 1. The van der Waals surface area contributed by atoms with Gasteiger partial charge in [-0.1, -0.05) is 36.5 Å². The third-order valence-corrected chi connectivity index (χ3v) is 6.14. The first-order valence-electron chi connectivity index (χ1n) is 11.9. The van der Waals surface area contributed by atoms with Crippen molar-refractivity contribution in [2.24, 2.45) is 0 Å². The molecule has 35 heavy (non-hydrogen) atoms. The van der Waals surface area contributed by atoms with E-state index in [2.05, 4.69) is 32.4 Å². The summed E-state index contributed by atoms with van der Waals surface area (Å²) in [6.45, 7) is 2.95. The van der Waals surface area contributed by atoms with Gasteiger partial charge in [0.05, 0.1) is 5.52 Å². The fourth-order valence-corrected chi connectivity index (χ4v) is 4.23. The summed E-state index contributed by atoms with van der Waals surface area (Å²) < 4.78 is 6.00. The molecule has 1 fully saturated rings. The van der Waals surface area contributed by atoms with Crippen molar-refractivity contribution in [3.63, 3.8) is 0 Å². The minimum absolute atomic E-state index is 0.0364. The van der Waals surface area contributed by atoms with Crippen LogP contribution in [0.3, 0.4) is 0 Å². The minimum Gasteiger partial charge on any atom is -0.457 e. The maximum atomic E-state index is 10.5. The maximum absolute atomic E-state index is 10.5. The van der Waals surface area contributed by atoms with Crippen molar-refractivity contribution in [1.29, 1.82) is 0 Å². The molecule has 2 atom stereocenters. The van der Waals surface area contributed by atoms with E-state index in [0.717, 1.165) is 65.0 Å². The first kappa shape index (κ1) is 22.9. The molecule has 0 amide bonds. The summed E-state index contributed by atoms with van der Waals surface area (Å²) in [6.07, 6.45) is 4.09. The van der Waals surface area contributed by atoms with Gasteiger partial charge in [-0.2, -0.15) is 0 Å². The Hall–Kier alpha value is -3.92. The van der Waals surface area contributed by atoms with Crippen LogP contribution in [-0.4, -0.2) is 33.8 Å². The summed E-state index contributed by atoms with van der Waals surface area (Å²) >= 11 is 0. The van der Waals surface area contributed by atoms with Crippen LogP contribution in [0, 0.1) is 18.8 Å². The number of para-hydroxylation sites is 1. The van der Waals surface area contributed by atoms with Crippen LogP contribution >= 0.6 is 0 Å². The van der Waals surface area contributed by atoms with Gasteiger partial charge in [0.2, 0.25) is 0 Å². The number of aryl methyl sites for hydroxylation is 1. The lowest BCUT2D eigenvalue weighted by Crippen LogP contribution is -2.42. The Morgan fingerprint density at radius 3 is 2.74 bits per heavy atom. The molecule has 2 heterocycles. The van der Waals surface area contributed by atoms with Crippen LogP contribution in [-0.2, 0) is 0 Å². The first-order valence-corrected chi connectivity index (χ1v) is 11.9. The lowest BCUT2D eigenvalue weighted by Gasteiger charge is -2.24. The second-order valence-corrected chi connectivity index (χ2v) is 8.75. The van der Waals surface area contributed by atoms with E-state index in [4.69, 9.17) is 4.74 Å². The molecule has 6 nitrogen and oxygen atoms in total. The number of benzene rings is 3. The smallest absolute Gasteiger partial charge is 0.141 e. The molecule has 0 aliphatic carbocycles. The van der Waals surface area contributed by atoms with Crippen LogP contribution in [0.2, 0.25) is 0 Å². The van der Waals surface area contributed by atoms with E-state index in [-0.39, 0.29) is 6.04 Å². The molecule has 176 valence electrons. The summed E-state index contributed by atoms with van der Waals surface area (Å²) in [4.78, 5) is 8.86. The van der Waals surface area contributed by atoms with Crippen LogP contribution in [0.15, 0.2) is 73.1 Å². The molecule has 0 spiro atoms. The van der Waals surface area contributed by atoms with Crippen LogP contribution in [0.25, 0.3) is 10.9 Å². The van der Waals surface area contributed by atoms with E-state index in [0.29, 0.717) is 5.82 Å². The molecule has 1 aromatic heterocycles. The topological polar surface area (TPSA) is 79.3 Å². The molecule has 3 N–H and O–H groups in total. The van der Waals surface area contributed by atoms with Crippen molar-refractivity contribution < 1.29 is 9.84 Å². The summed E-state index contributed by atoms with van der Waals surface area (Å²) in [7, 11) is 0. The predicted molar refractivity (Wildman–Crippen MR) is 139 cm³/mol. The number of hydrogen-bond acceptors (Lipinski definition) is 6. The van der Waals surface area contributed by atoms with E-state index in [1.807, 2.05) is 73.7 Å². The average Bonchev–Trinajstić information content (AvgIpc) is 2.90. The second kappa shape index (κ2) is 10.6. The third-order valence-electron chi connectivity index (χ3n) is 6.14. The van der Waals surface area contributed by atoms with Crippen molar-refractivity contribution in [3.05, 3.63) is 84.2 Å². The van der Waals surface area contributed by atoms with Gasteiger partial charge in [-0.15, -0.1) is 0 Å². The van der Waals surface area contributed by atoms with Crippen LogP contribution in [0.1, 0.15) is 30.4 Å². The number of nitrogens with one attached hydrogen (secondary N) is 2. The molecular formula is C29H28N4O2. The van der Waals surface area contributed by atoms with E-state index in [1.54, 1.807) is 6.33 Å². The van der Waals surface area contributed by atoms with Gasteiger partial charge in [-0.05, 0) is 80.4 Å². The van der Waals surface area contributed by atoms with Crippen molar-refractivity contribution >= 4 is 22.4 Å². The number of fused-ring (bicyclic) bond motifs is 1. The van der Waals surface area contributed by atoms with Gasteiger partial charge in [0.25, 0.3) is 0 Å². The zero-order valence-corrected chi connectivity index (χ0v) is 19.7. The first-order chi connectivity index (χ1) is 17.2. The Balaban J connectivity index is 1.36. The van der Waals surface area contributed by atoms with Crippen molar-refractivity contribution in [2.45, 2.75) is 38.3 Å². The fraction of sp³-hybridized carbons (Fsp3) is 0.241. The highest BCUT2D eigenvalue weighted by molar-refractivity contribution is 5.91. The number of hydrogen-bond donors (Lipinski definition) is 3. The standard InChI is InChI=1S/C29H28N4O2/c1-20-17-22(12-15-28(20)35-23-7-3-2-4-8-23)33-29-24-18-21(10-13-25(24)31-19-32-29)11-14-27(34)26-9-5-6-16-30-26/h2-4,7-8,10,12-13,15,17-19,26-27,30,34H,5-6,9,16H2,1H3,(H,31,32,33). The second-order valence-electron chi connectivity index (χ2n) is 8.75. The SMILES string of the molecule is Cc1cc(Nc2ncnc3ccc(C#CC(O)C4CCCCN4)cc23)ccc1Oc1ccccc1. The Labute approximate surface area is 205 Å². The van der Waals surface area contributed by atoms with Gasteiger partial charge in [0.15, 0.2) is 0 Å². The molecule has 0 saturated carbocycles. The van der Waals surface area contributed by atoms with Gasteiger partial charge in [-0.25, -0.2) is 9.97 Å². The summed E-state index contributed by atoms with van der Waals surface area (Å²) in [5.74, 6) is 8.43. The zero-order valence-electron chi connectivity index (χ0n) is 19.7. The number of nitrogens with zero attached hydrogens (tertiary/aromatic N) is 2. The molecule has 1 saturated heterocycles. The molecule has 0 radical (unpaired) electrons. The van der Waals surface area contributed by atoms with Gasteiger partial charge in [0.1, 0.15) is 29.7 Å². The quantitative estimate of drug-likeness (QED) is 0.347. The largest absolute Gasteiger partial charge is 0.457 e. The Bertz CT molecular complexity index is 1370. The highest BCUT2D eigenvalue weighted by Crippen LogP contribution is 2.30. The molecule has 5 rings (SSSR count). The van der Waals surface area contributed by atoms with E-state index < -0.39 is 6.10 Å². The van der Waals surface area contributed by atoms with E-state index in [1.165, 1.54) is 0 Å². The molecule has 3 aromatic carbocycles. The number of aliphatic hydroxyl groups is 1. The predicted octanol–water partition coefficient (Wildman–Crippen LogP) is 5.33. The average molecular weight is 465 g/mol. The summed E-state index contributed by atoms with van der Waals surface area (Å²) in [6, 6.07) is 21.5. The summed E-state index contributed by atoms with van der Waals surface area (Å²) in [5, 5.41) is 18.1. The monoisotopic (exact) mass is 464 g/mol. The molecular weight excluding hydrogens is 436 g/mol. The molecule has 1 aliphatic heterocycles. The number of rotatable bonds is 5. The Morgan fingerprint density at radius 2 is 1.94 bits per heavy atom. The van der Waals surface area contributed by atoms with E-state index in [9.17, 15) is 5.11 Å². The minimum atomic E-state index is -0.685. The van der Waals surface area contributed by atoms with Gasteiger partial charge in [-0.3, -0.25) is 0 Å². The fourth-order valence-electron chi connectivity index (χ4n) is 4.23. The number of anilines is 2. The zero-order chi connectivity index (χ0) is 24.0. The van der Waals surface area contributed by atoms with Gasteiger partial charge >= 0.3 is 0 Å².